The van der Waals surface area contributed by atoms with Crippen molar-refractivity contribution in [2.24, 2.45) is 5.92 Å². The van der Waals surface area contributed by atoms with Crippen LogP contribution < -0.4 is 5.32 Å². The molecule has 0 aromatic carbocycles. The summed E-state index contributed by atoms with van der Waals surface area (Å²) in [5, 5.41) is 3.62. The maximum atomic E-state index is 4.10. The monoisotopic (exact) mass is 190 g/mol. The van der Waals surface area contributed by atoms with Gasteiger partial charge in [-0.3, -0.25) is 4.98 Å². The first-order valence-corrected chi connectivity index (χ1v) is 5.48. The number of anilines is 1. The average Bonchev–Trinajstić information content (AvgIpc) is 3.00. The Hall–Kier alpha value is -1.05. The van der Waals surface area contributed by atoms with Gasteiger partial charge in [-0.25, -0.2) is 0 Å². The first-order chi connectivity index (χ1) is 6.81. The molecule has 1 saturated carbocycles. The summed E-state index contributed by atoms with van der Waals surface area (Å²) in [6.45, 7) is 4.36. The molecule has 0 amide bonds. The van der Waals surface area contributed by atoms with Gasteiger partial charge in [0, 0.05) is 24.1 Å². The standard InChI is InChI=1S/C12H18N2/c1-3-11(10-4-5-10)14-12-6-7-13-8-9(12)2/h6-8,10-11H,3-5H2,1-2H3,(H,13,14). The van der Waals surface area contributed by atoms with E-state index in [1.807, 2.05) is 12.4 Å². The molecule has 1 N–H and O–H groups in total. The van der Waals surface area contributed by atoms with E-state index in [-0.39, 0.29) is 0 Å². The molecule has 1 fully saturated rings. The second-order valence-electron chi connectivity index (χ2n) is 4.19. The van der Waals surface area contributed by atoms with Crippen LogP contribution in [0.4, 0.5) is 5.69 Å². The zero-order valence-electron chi connectivity index (χ0n) is 8.96. The molecule has 76 valence electrons. The van der Waals surface area contributed by atoms with E-state index in [1.54, 1.807) is 0 Å². The van der Waals surface area contributed by atoms with Crippen molar-refractivity contribution in [3.63, 3.8) is 0 Å². The Morgan fingerprint density at radius 3 is 2.93 bits per heavy atom. The molecule has 1 atom stereocenters. The fraction of sp³-hybridized carbons (Fsp3) is 0.583. The Kier molecular flexibility index (Phi) is 2.71. The van der Waals surface area contributed by atoms with Crippen LogP contribution in [0.15, 0.2) is 18.5 Å². The molecule has 0 spiro atoms. The zero-order valence-corrected chi connectivity index (χ0v) is 8.96. The van der Waals surface area contributed by atoms with E-state index in [2.05, 4.69) is 30.2 Å². The van der Waals surface area contributed by atoms with Gasteiger partial charge in [0.05, 0.1) is 0 Å². The van der Waals surface area contributed by atoms with Gasteiger partial charge in [0.1, 0.15) is 0 Å². The van der Waals surface area contributed by atoms with Crippen molar-refractivity contribution < 1.29 is 0 Å². The van der Waals surface area contributed by atoms with Crippen LogP contribution in [0.25, 0.3) is 0 Å². The highest BCUT2D eigenvalue weighted by Crippen LogP contribution is 2.35. The highest BCUT2D eigenvalue weighted by Gasteiger charge is 2.29. The normalized spacial score (nSPS) is 17.9. The number of rotatable bonds is 4. The highest BCUT2D eigenvalue weighted by atomic mass is 14.9. The minimum absolute atomic E-state index is 0.663. The van der Waals surface area contributed by atoms with Gasteiger partial charge in [0.25, 0.3) is 0 Å². The van der Waals surface area contributed by atoms with Gasteiger partial charge in [0.2, 0.25) is 0 Å². The predicted octanol–water partition coefficient (Wildman–Crippen LogP) is 2.99. The number of hydrogen-bond donors (Lipinski definition) is 1. The van der Waals surface area contributed by atoms with Crippen molar-refractivity contribution in [1.29, 1.82) is 0 Å². The summed E-state index contributed by atoms with van der Waals surface area (Å²) in [4.78, 5) is 4.10. The summed E-state index contributed by atoms with van der Waals surface area (Å²) in [6, 6.07) is 2.73. The maximum absolute atomic E-state index is 4.10. The smallest absolute Gasteiger partial charge is 0.0403 e. The summed E-state index contributed by atoms with van der Waals surface area (Å²) in [5.74, 6) is 0.910. The molecule has 0 bridgehead atoms. The molecular formula is C12H18N2. The Labute approximate surface area is 85.7 Å². The van der Waals surface area contributed by atoms with Crippen molar-refractivity contribution in [2.45, 2.75) is 39.2 Å². The van der Waals surface area contributed by atoms with E-state index in [4.69, 9.17) is 0 Å². The number of aryl methyl sites for hydroxylation is 1. The van der Waals surface area contributed by atoms with Crippen molar-refractivity contribution in [3.8, 4) is 0 Å². The number of nitrogens with one attached hydrogen (secondary N) is 1. The van der Waals surface area contributed by atoms with Crippen molar-refractivity contribution in [1.82, 2.24) is 4.98 Å². The SMILES string of the molecule is CCC(Nc1ccncc1C)C1CC1. The highest BCUT2D eigenvalue weighted by molar-refractivity contribution is 5.49. The number of nitrogens with zero attached hydrogens (tertiary/aromatic N) is 1. The van der Waals surface area contributed by atoms with Gasteiger partial charge in [-0.2, -0.15) is 0 Å². The minimum Gasteiger partial charge on any atom is -0.382 e. The van der Waals surface area contributed by atoms with Crippen molar-refractivity contribution in [3.05, 3.63) is 24.0 Å². The van der Waals surface area contributed by atoms with Crippen LogP contribution in [0.1, 0.15) is 31.7 Å². The van der Waals surface area contributed by atoms with Crippen LogP contribution >= 0.6 is 0 Å². The number of hydrogen-bond acceptors (Lipinski definition) is 2. The largest absolute Gasteiger partial charge is 0.382 e. The van der Waals surface area contributed by atoms with E-state index < -0.39 is 0 Å². The van der Waals surface area contributed by atoms with Gasteiger partial charge in [-0.05, 0) is 43.7 Å². The molecule has 2 nitrogen and oxygen atoms in total. The Morgan fingerprint density at radius 1 is 1.57 bits per heavy atom. The quantitative estimate of drug-likeness (QED) is 0.789. The van der Waals surface area contributed by atoms with Crippen LogP contribution in [0, 0.1) is 12.8 Å². The van der Waals surface area contributed by atoms with Crippen LogP contribution in [0.2, 0.25) is 0 Å². The molecule has 1 aromatic rings. The summed E-state index contributed by atoms with van der Waals surface area (Å²) in [7, 11) is 0. The predicted molar refractivity (Wildman–Crippen MR) is 59.4 cm³/mol. The molecule has 2 rings (SSSR count). The first-order valence-electron chi connectivity index (χ1n) is 5.48. The van der Waals surface area contributed by atoms with E-state index in [0.717, 1.165) is 5.92 Å². The van der Waals surface area contributed by atoms with E-state index >= 15 is 0 Å². The van der Waals surface area contributed by atoms with E-state index in [1.165, 1.54) is 30.5 Å². The molecular weight excluding hydrogens is 172 g/mol. The van der Waals surface area contributed by atoms with Gasteiger partial charge in [0.15, 0.2) is 0 Å². The Morgan fingerprint density at radius 2 is 2.36 bits per heavy atom. The topological polar surface area (TPSA) is 24.9 Å². The Balaban J connectivity index is 2.04. The molecule has 0 aliphatic heterocycles. The second-order valence-corrected chi connectivity index (χ2v) is 4.19. The third-order valence-corrected chi connectivity index (χ3v) is 2.99. The summed E-state index contributed by atoms with van der Waals surface area (Å²) >= 11 is 0. The van der Waals surface area contributed by atoms with Crippen molar-refractivity contribution in [2.75, 3.05) is 5.32 Å². The lowest BCUT2D eigenvalue weighted by Gasteiger charge is -2.18. The molecule has 0 radical (unpaired) electrons. The molecule has 1 unspecified atom stereocenters. The third-order valence-electron chi connectivity index (χ3n) is 2.99. The lowest BCUT2D eigenvalue weighted by atomic mass is 10.1. The maximum Gasteiger partial charge on any atom is 0.0403 e. The lowest BCUT2D eigenvalue weighted by molar-refractivity contribution is 0.616. The third kappa shape index (κ3) is 2.06. The fourth-order valence-electron chi connectivity index (χ4n) is 1.89. The first kappa shape index (κ1) is 9.50. The lowest BCUT2D eigenvalue weighted by Crippen LogP contribution is -2.21. The average molecular weight is 190 g/mol. The van der Waals surface area contributed by atoms with E-state index in [0.29, 0.717) is 6.04 Å². The summed E-state index contributed by atoms with van der Waals surface area (Å²) in [6.07, 6.45) is 7.79. The van der Waals surface area contributed by atoms with Gasteiger partial charge >= 0.3 is 0 Å². The molecule has 1 aliphatic carbocycles. The van der Waals surface area contributed by atoms with Crippen LogP contribution in [0.3, 0.4) is 0 Å². The molecule has 0 saturated heterocycles. The minimum atomic E-state index is 0.663. The number of aromatic nitrogens is 1. The zero-order chi connectivity index (χ0) is 9.97. The van der Waals surface area contributed by atoms with Crippen LogP contribution in [-0.4, -0.2) is 11.0 Å². The van der Waals surface area contributed by atoms with Gasteiger partial charge < -0.3 is 5.32 Å². The molecule has 1 heterocycles. The van der Waals surface area contributed by atoms with Crippen LogP contribution in [-0.2, 0) is 0 Å². The molecule has 2 heteroatoms. The second kappa shape index (κ2) is 3.99. The molecule has 1 aromatic heterocycles. The summed E-state index contributed by atoms with van der Waals surface area (Å²) < 4.78 is 0. The van der Waals surface area contributed by atoms with Crippen LogP contribution in [0.5, 0.6) is 0 Å². The van der Waals surface area contributed by atoms with Gasteiger partial charge in [-0.15, -0.1) is 0 Å². The molecule has 14 heavy (non-hydrogen) atoms. The van der Waals surface area contributed by atoms with Gasteiger partial charge in [-0.1, -0.05) is 6.92 Å². The number of pyridine rings is 1. The van der Waals surface area contributed by atoms with E-state index in [9.17, 15) is 0 Å². The Bertz CT molecular complexity index is 305. The summed E-state index contributed by atoms with van der Waals surface area (Å²) in [5.41, 5.74) is 2.49. The fourth-order valence-corrected chi connectivity index (χ4v) is 1.89. The molecule has 1 aliphatic rings. The van der Waals surface area contributed by atoms with Crippen molar-refractivity contribution >= 4 is 5.69 Å².